The van der Waals surface area contributed by atoms with Gasteiger partial charge in [-0.3, -0.25) is 4.79 Å². The van der Waals surface area contributed by atoms with Gasteiger partial charge in [0.25, 0.3) is 0 Å². The number of Topliss-reactive ketones (excluding diaryl/α,β-unsaturated/α-hetero) is 1. The number of aromatic nitrogens is 3. The van der Waals surface area contributed by atoms with Gasteiger partial charge in [0, 0.05) is 17.7 Å². The van der Waals surface area contributed by atoms with E-state index in [0.29, 0.717) is 24.4 Å². The maximum Gasteiger partial charge on any atom is 0.163 e. The van der Waals surface area contributed by atoms with Crippen molar-refractivity contribution in [2.75, 3.05) is 10.6 Å². The highest BCUT2D eigenvalue weighted by Gasteiger charge is 2.38. The molecule has 1 aliphatic heterocycles. The van der Waals surface area contributed by atoms with Crippen molar-refractivity contribution in [3.63, 3.8) is 0 Å². The molecule has 1 aliphatic carbocycles. The van der Waals surface area contributed by atoms with Crippen LogP contribution in [0.5, 0.6) is 5.75 Å². The Morgan fingerprint density at radius 2 is 1.74 bits per heavy atom. The highest BCUT2D eigenvalue weighted by molar-refractivity contribution is 6.01. The minimum absolute atomic E-state index is 0.0920. The van der Waals surface area contributed by atoms with Gasteiger partial charge in [0.15, 0.2) is 5.78 Å². The van der Waals surface area contributed by atoms with Gasteiger partial charge in [0.05, 0.1) is 30.2 Å². The summed E-state index contributed by atoms with van der Waals surface area (Å²) >= 11 is 0. The van der Waals surface area contributed by atoms with E-state index in [1.807, 2.05) is 54.7 Å². The first-order chi connectivity index (χ1) is 18.8. The predicted octanol–water partition coefficient (Wildman–Crippen LogP) is 6.27. The minimum Gasteiger partial charge on any atom is -0.487 e. The molecule has 0 amide bonds. The number of nitrogens with zero attached hydrogens (tertiary/aromatic N) is 3. The van der Waals surface area contributed by atoms with Crippen LogP contribution in [0, 0.1) is 11.2 Å². The van der Waals surface area contributed by atoms with Gasteiger partial charge in [0.2, 0.25) is 0 Å². The van der Waals surface area contributed by atoms with Gasteiger partial charge < -0.3 is 15.4 Å². The number of hydrogen-bond acceptors (Lipinski definition) is 6. The summed E-state index contributed by atoms with van der Waals surface area (Å²) < 4.78 is 20.8. The molecule has 7 nitrogen and oxygen atoms in total. The van der Waals surface area contributed by atoms with Gasteiger partial charge in [-0.2, -0.15) is 0 Å². The monoisotopic (exact) mass is 523 g/mol. The first-order valence-corrected chi connectivity index (χ1v) is 13.1. The van der Waals surface area contributed by atoms with Crippen LogP contribution >= 0.6 is 0 Å². The Morgan fingerprint density at radius 3 is 2.51 bits per heavy atom. The molecule has 3 aromatic carbocycles. The summed E-state index contributed by atoms with van der Waals surface area (Å²) in [5.74, 6) is 0.604. The van der Waals surface area contributed by atoms with E-state index in [1.165, 1.54) is 12.1 Å². The van der Waals surface area contributed by atoms with Gasteiger partial charge in [0.1, 0.15) is 23.9 Å². The third-order valence-electron chi connectivity index (χ3n) is 7.17. The lowest BCUT2D eigenvalue weighted by molar-refractivity contribution is -0.118. The van der Waals surface area contributed by atoms with Crippen LogP contribution in [0.1, 0.15) is 49.6 Å². The Kier molecular flexibility index (Phi) is 6.38. The second-order valence-corrected chi connectivity index (χ2v) is 11.0. The molecular formula is C31H30FN5O2. The second kappa shape index (κ2) is 10.0. The Hall–Kier alpha value is -4.46. The van der Waals surface area contributed by atoms with Gasteiger partial charge >= 0.3 is 0 Å². The highest BCUT2D eigenvalue weighted by atomic mass is 19.1. The van der Waals surface area contributed by atoms with Crippen molar-refractivity contribution in [1.29, 1.82) is 0 Å². The van der Waals surface area contributed by atoms with Gasteiger partial charge in [-0.25, -0.2) is 9.07 Å². The number of hydrogen-bond donors (Lipinski definition) is 2. The molecule has 2 aliphatic rings. The molecule has 0 spiro atoms. The Labute approximate surface area is 226 Å². The first kappa shape index (κ1) is 24.9. The third kappa shape index (κ3) is 5.41. The molecule has 0 bridgehead atoms. The molecular weight excluding hydrogens is 493 g/mol. The van der Waals surface area contributed by atoms with E-state index in [2.05, 4.69) is 34.8 Å². The summed E-state index contributed by atoms with van der Waals surface area (Å²) in [5.41, 5.74) is 6.26. The number of para-hydroxylation sites is 2. The molecule has 0 saturated heterocycles. The van der Waals surface area contributed by atoms with Crippen molar-refractivity contribution < 1.29 is 13.9 Å². The molecule has 4 aromatic rings. The van der Waals surface area contributed by atoms with Crippen LogP contribution in [0.4, 0.5) is 15.8 Å². The maximum absolute atomic E-state index is 13.4. The lowest BCUT2D eigenvalue weighted by Gasteiger charge is -2.34. The number of nitrogens with one attached hydrogen (secondary N) is 2. The average Bonchev–Trinajstić information content (AvgIpc) is 3.28. The van der Waals surface area contributed by atoms with Crippen LogP contribution in [0.2, 0.25) is 0 Å². The van der Waals surface area contributed by atoms with E-state index in [0.717, 1.165) is 40.2 Å². The fourth-order valence-electron chi connectivity index (χ4n) is 5.31. The van der Waals surface area contributed by atoms with E-state index in [-0.39, 0.29) is 29.7 Å². The SMILES string of the molecule is CC1(C)CC(=O)C2=C(C1)Nc1ccccc1NC2c1ccc(OCc2cn(Cc3ccc(F)cc3)nn2)cc1. The summed E-state index contributed by atoms with van der Waals surface area (Å²) in [7, 11) is 0. The molecule has 0 saturated carbocycles. The molecule has 198 valence electrons. The van der Waals surface area contributed by atoms with Crippen molar-refractivity contribution in [3.05, 3.63) is 113 Å². The van der Waals surface area contributed by atoms with Crippen LogP contribution in [0.25, 0.3) is 0 Å². The second-order valence-electron chi connectivity index (χ2n) is 11.0. The summed E-state index contributed by atoms with van der Waals surface area (Å²) in [4.78, 5) is 13.4. The number of anilines is 2. The van der Waals surface area contributed by atoms with E-state index in [1.54, 1.807) is 16.8 Å². The zero-order valence-electron chi connectivity index (χ0n) is 21.9. The van der Waals surface area contributed by atoms with Crippen LogP contribution in [-0.4, -0.2) is 20.8 Å². The largest absolute Gasteiger partial charge is 0.487 e. The van der Waals surface area contributed by atoms with Crippen LogP contribution in [0.3, 0.4) is 0 Å². The smallest absolute Gasteiger partial charge is 0.163 e. The van der Waals surface area contributed by atoms with Crippen molar-refractivity contribution in [2.24, 2.45) is 5.41 Å². The zero-order valence-corrected chi connectivity index (χ0v) is 21.9. The topological polar surface area (TPSA) is 81.1 Å². The highest BCUT2D eigenvalue weighted by Crippen LogP contribution is 2.45. The van der Waals surface area contributed by atoms with Crippen LogP contribution in [-0.2, 0) is 17.9 Å². The maximum atomic E-state index is 13.4. The molecule has 6 rings (SSSR count). The van der Waals surface area contributed by atoms with Gasteiger partial charge in [-0.1, -0.05) is 55.5 Å². The molecule has 1 aromatic heterocycles. The fraction of sp³-hybridized carbons (Fsp3) is 0.258. The molecule has 2 N–H and O–H groups in total. The number of allylic oxidation sites excluding steroid dienone is 1. The van der Waals surface area contributed by atoms with E-state index in [9.17, 15) is 9.18 Å². The van der Waals surface area contributed by atoms with Gasteiger partial charge in [-0.15, -0.1) is 5.10 Å². The lowest BCUT2D eigenvalue weighted by atomic mass is 9.73. The quantitative estimate of drug-likeness (QED) is 0.310. The standard InChI is InChI=1S/C31H30FN5O2/c1-31(2)15-27-29(28(38)16-31)30(34-26-6-4-3-5-25(26)33-27)21-9-13-24(14-10-21)39-19-23-18-37(36-35-23)17-20-7-11-22(32)12-8-20/h3-14,18,30,33-34H,15-17,19H2,1-2H3. The zero-order chi connectivity index (χ0) is 27.0. The number of benzene rings is 3. The molecule has 8 heteroatoms. The normalized spacial score (nSPS) is 17.9. The summed E-state index contributed by atoms with van der Waals surface area (Å²) in [5, 5.41) is 15.5. The molecule has 0 radical (unpaired) electrons. The van der Waals surface area contributed by atoms with E-state index >= 15 is 0 Å². The predicted molar refractivity (Wildman–Crippen MR) is 148 cm³/mol. The Balaban J connectivity index is 1.18. The van der Waals surface area contributed by atoms with Crippen LogP contribution < -0.4 is 15.4 Å². The molecule has 39 heavy (non-hydrogen) atoms. The molecule has 2 heterocycles. The summed E-state index contributed by atoms with van der Waals surface area (Å²) in [6.07, 6.45) is 3.15. The minimum atomic E-state index is -0.264. The van der Waals surface area contributed by atoms with Gasteiger partial charge in [-0.05, 0) is 59.4 Å². The number of fused-ring (bicyclic) bond motifs is 1. The number of ether oxygens (including phenoxy) is 1. The van der Waals surface area contributed by atoms with Crippen molar-refractivity contribution in [1.82, 2.24) is 15.0 Å². The molecule has 1 atom stereocenters. The van der Waals surface area contributed by atoms with Crippen LogP contribution in [0.15, 0.2) is 90.3 Å². The first-order valence-electron chi connectivity index (χ1n) is 13.1. The number of halogens is 1. The van der Waals surface area contributed by atoms with E-state index in [4.69, 9.17) is 4.74 Å². The number of carbonyl (C=O) groups excluding carboxylic acids is 1. The van der Waals surface area contributed by atoms with Crippen molar-refractivity contribution in [3.8, 4) is 5.75 Å². The summed E-state index contributed by atoms with van der Waals surface area (Å²) in [6.45, 7) is 5.05. The fourth-order valence-corrected chi connectivity index (χ4v) is 5.31. The van der Waals surface area contributed by atoms with E-state index < -0.39 is 0 Å². The number of rotatable bonds is 6. The Bertz CT molecular complexity index is 1540. The lowest BCUT2D eigenvalue weighted by Crippen LogP contribution is -2.31. The summed E-state index contributed by atoms with van der Waals surface area (Å²) in [6, 6.07) is 22.0. The van der Waals surface area contributed by atoms with Crippen molar-refractivity contribution in [2.45, 2.75) is 45.9 Å². The molecule has 0 fully saturated rings. The Morgan fingerprint density at radius 1 is 1.00 bits per heavy atom. The number of carbonyl (C=O) groups is 1. The molecule has 1 unspecified atom stereocenters. The number of ketones is 1. The third-order valence-corrected chi connectivity index (χ3v) is 7.17. The average molecular weight is 524 g/mol. The van der Waals surface area contributed by atoms with Crippen molar-refractivity contribution >= 4 is 17.2 Å².